The Labute approximate surface area is 93.1 Å². The summed E-state index contributed by atoms with van der Waals surface area (Å²) in [6, 6.07) is 0.623. The van der Waals surface area contributed by atoms with Crippen molar-refractivity contribution < 1.29 is 0 Å². The third-order valence-electron chi connectivity index (χ3n) is 2.73. The second kappa shape index (κ2) is 6.67. The number of hydrogen-bond donors (Lipinski definition) is 2. The molecule has 1 heterocycles. The molecule has 0 aromatic rings. The minimum Gasteiger partial charge on any atom is -0.356 e. The number of likely N-dealkylation sites (N-methyl/N-ethyl adjacent to an activating group) is 1. The van der Waals surface area contributed by atoms with Crippen molar-refractivity contribution in [3.05, 3.63) is 0 Å². The highest BCUT2D eigenvalue weighted by molar-refractivity contribution is 5.80. The van der Waals surface area contributed by atoms with Crippen LogP contribution in [0.2, 0.25) is 0 Å². The Hall–Kier alpha value is -0.770. The number of hydrogen-bond acceptors (Lipinski definition) is 4. The van der Waals surface area contributed by atoms with Crippen LogP contribution in [-0.2, 0) is 0 Å². The molecule has 1 rings (SSSR count). The van der Waals surface area contributed by atoms with E-state index in [0.29, 0.717) is 6.04 Å². The Morgan fingerprint density at radius 2 is 2.33 bits per heavy atom. The van der Waals surface area contributed by atoms with Gasteiger partial charge in [0.25, 0.3) is 0 Å². The molecule has 1 aliphatic heterocycles. The van der Waals surface area contributed by atoms with Crippen LogP contribution < -0.4 is 10.6 Å². The van der Waals surface area contributed by atoms with E-state index in [9.17, 15) is 0 Å². The summed E-state index contributed by atoms with van der Waals surface area (Å²) in [5.74, 6) is 0.973. The van der Waals surface area contributed by atoms with Gasteiger partial charge >= 0.3 is 0 Å². The van der Waals surface area contributed by atoms with Crippen LogP contribution in [0.4, 0.5) is 0 Å². The van der Waals surface area contributed by atoms with Crippen molar-refractivity contribution in [2.24, 2.45) is 4.99 Å². The van der Waals surface area contributed by atoms with Gasteiger partial charge in [-0.1, -0.05) is 6.92 Å². The molecule has 1 aliphatic rings. The van der Waals surface area contributed by atoms with Gasteiger partial charge < -0.3 is 10.6 Å². The third kappa shape index (κ3) is 4.51. The van der Waals surface area contributed by atoms with Crippen molar-refractivity contribution in [2.75, 3.05) is 32.7 Å². The summed E-state index contributed by atoms with van der Waals surface area (Å²) in [7, 11) is 0. The quantitative estimate of drug-likeness (QED) is 0.703. The fourth-order valence-corrected chi connectivity index (χ4v) is 1.75. The molecule has 2 N–H and O–H groups in total. The lowest BCUT2D eigenvalue weighted by molar-refractivity contribution is 0.237. The molecule has 0 aliphatic carbocycles. The van der Waals surface area contributed by atoms with Gasteiger partial charge in [-0.25, -0.2) is 0 Å². The number of nitrogens with zero attached hydrogens (tertiary/aromatic N) is 2. The molecule has 0 amide bonds. The van der Waals surface area contributed by atoms with Crippen LogP contribution in [0.3, 0.4) is 0 Å². The second-order valence-corrected chi connectivity index (χ2v) is 4.16. The van der Waals surface area contributed by atoms with Gasteiger partial charge in [-0.05, 0) is 26.8 Å². The maximum Gasteiger partial charge on any atom is 0.191 e. The van der Waals surface area contributed by atoms with Gasteiger partial charge in [-0.15, -0.1) is 0 Å². The molecule has 0 saturated carbocycles. The first-order valence-corrected chi connectivity index (χ1v) is 6.00. The summed E-state index contributed by atoms with van der Waals surface area (Å²) in [6.07, 6.45) is 1.15. The number of rotatable bonds is 5. The standard InChI is InChI=1S/C11H24N4/c1-4-15(10(2)3)9-8-14-11-12-6-5-7-13-11/h10H,4-9H2,1-3H3,(H2,12,13,14). The molecule has 0 radical (unpaired) electrons. The van der Waals surface area contributed by atoms with E-state index in [0.717, 1.165) is 45.1 Å². The van der Waals surface area contributed by atoms with Gasteiger partial charge in [-0.2, -0.15) is 0 Å². The average molecular weight is 212 g/mol. The van der Waals surface area contributed by atoms with E-state index in [1.54, 1.807) is 0 Å². The molecule has 15 heavy (non-hydrogen) atoms. The van der Waals surface area contributed by atoms with Crippen LogP contribution in [-0.4, -0.2) is 49.6 Å². The Balaban J connectivity index is 2.16. The highest BCUT2D eigenvalue weighted by Gasteiger charge is 2.07. The molecule has 0 aromatic heterocycles. The summed E-state index contributed by atoms with van der Waals surface area (Å²) < 4.78 is 0. The van der Waals surface area contributed by atoms with Gasteiger partial charge in [0.05, 0.1) is 0 Å². The summed E-state index contributed by atoms with van der Waals surface area (Å²) in [5.41, 5.74) is 0. The van der Waals surface area contributed by atoms with E-state index < -0.39 is 0 Å². The maximum absolute atomic E-state index is 4.37. The van der Waals surface area contributed by atoms with Gasteiger partial charge in [0.15, 0.2) is 5.96 Å². The molecule has 0 bridgehead atoms. The Kier molecular flexibility index (Phi) is 5.47. The molecule has 0 atom stereocenters. The first-order valence-electron chi connectivity index (χ1n) is 6.00. The van der Waals surface area contributed by atoms with Crippen molar-refractivity contribution >= 4 is 5.96 Å². The smallest absolute Gasteiger partial charge is 0.191 e. The van der Waals surface area contributed by atoms with Crippen LogP contribution in [0.15, 0.2) is 4.99 Å². The van der Waals surface area contributed by atoms with E-state index in [1.165, 1.54) is 0 Å². The van der Waals surface area contributed by atoms with E-state index in [2.05, 4.69) is 41.3 Å². The van der Waals surface area contributed by atoms with E-state index in [4.69, 9.17) is 0 Å². The van der Waals surface area contributed by atoms with Crippen molar-refractivity contribution in [1.29, 1.82) is 0 Å². The fourth-order valence-electron chi connectivity index (χ4n) is 1.75. The lowest BCUT2D eigenvalue weighted by atomic mass is 10.3. The lowest BCUT2D eigenvalue weighted by Gasteiger charge is -2.25. The van der Waals surface area contributed by atoms with Crippen LogP contribution >= 0.6 is 0 Å². The first kappa shape index (κ1) is 12.3. The monoisotopic (exact) mass is 212 g/mol. The van der Waals surface area contributed by atoms with Crippen LogP contribution in [0.25, 0.3) is 0 Å². The molecular formula is C11H24N4. The van der Waals surface area contributed by atoms with Crippen LogP contribution in [0, 0.1) is 0 Å². The highest BCUT2D eigenvalue weighted by Crippen LogP contribution is 1.95. The molecule has 0 aromatic carbocycles. The first-order chi connectivity index (χ1) is 7.24. The largest absolute Gasteiger partial charge is 0.356 e. The lowest BCUT2D eigenvalue weighted by Crippen LogP contribution is -2.44. The minimum atomic E-state index is 0.623. The van der Waals surface area contributed by atoms with Crippen molar-refractivity contribution in [3.63, 3.8) is 0 Å². The predicted molar refractivity (Wildman–Crippen MR) is 65.3 cm³/mol. The Bertz CT molecular complexity index is 201. The summed E-state index contributed by atoms with van der Waals surface area (Å²) in [5, 5.41) is 6.60. The third-order valence-corrected chi connectivity index (χ3v) is 2.73. The highest BCUT2D eigenvalue weighted by atomic mass is 15.2. The molecule has 0 spiro atoms. The normalized spacial score (nSPS) is 16.5. The zero-order chi connectivity index (χ0) is 11.1. The Morgan fingerprint density at radius 3 is 2.87 bits per heavy atom. The number of guanidine groups is 1. The predicted octanol–water partition coefficient (Wildman–Crippen LogP) is 0.656. The van der Waals surface area contributed by atoms with E-state index in [-0.39, 0.29) is 0 Å². The SMILES string of the molecule is CCN(CCNC1=NCCCN1)C(C)C. The van der Waals surface area contributed by atoms with Crippen LogP contribution in [0.5, 0.6) is 0 Å². The zero-order valence-electron chi connectivity index (χ0n) is 10.2. The van der Waals surface area contributed by atoms with Crippen molar-refractivity contribution in [3.8, 4) is 0 Å². The van der Waals surface area contributed by atoms with Gasteiger partial charge in [-0.3, -0.25) is 9.89 Å². The zero-order valence-corrected chi connectivity index (χ0v) is 10.2. The van der Waals surface area contributed by atoms with E-state index in [1.807, 2.05) is 0 Å². The molecular weight excluding hydrogens is 188 g/mol. The Morgan fingerprint density at radius 1 is 1.53 bits per heavy atom. The van der Waals surface area contributed by atoms with Crippen LogP contribution in [0.1, 0.15) is 27.2 Å². The number of aliphatic imine (C=N–C) groups is 1. The van der Waals surface area contributed by atoms with Gasteiger partial charge in [0.1, 0.15) is 0 Å². The number of nitrogens with one attached hydrogen (secondary N) is 2. The maximum atomic E-state index is 4.37. The molecule has 0 fully saturated rings. The van der Waals surface area contributed by atoms with Gasteiger partial charge in [0, 0.05) is 32.2 Å². The topological polar surface area (TPSA) is 39.7 Å². The summed E-state index contributed by atoms with van der Waals surface area (Å²) in [4.78, 5) is 6.81. The fraction of sp³-hybridized carbons (Fsp3) is 0.909. The molecule has 0 saturated heterocycles. The molecule has 4 nitrogen and oxygen atoms in total. The minimum absolute atomic E-state index is 0.623. The summed E-state index contributed by atoms with van der Waals surface area (Å²) in [6.45, 7) is 11.8. The van der Waals surface area contributed by atoms with Crippen molar-refractivity contribution in [2.45, 2.75) is 33.2 Å². The van der Waals surface area contributed by atoms with E-state index >= 15 is 0 Å². The molecule has 88 valence electrons. The van der Waals surface area contributed by atoms with Crippen molar-refractivity contribution in [1.82, 2.24) is 15.5 Å². The molecule has 0 unspecified atom stereocenters. The average Bonchev–Trinajstić information content (AvgIpc) is 2.25. The summed E-state index contributed by atoms with van der Waals surface area (Å²) >= 11 is 0. The second-order valence-electron chi connectivity index (χ2n) is 4.16. The van der Waals surface area contributed by atoms with Gasteiger partial charge in [0.2, 0.25) is 0 Å². The molecule has 4 heteroatoms.